The number of anilines is 1. The van der Waals surface area contributed by atoms with E-state index in [0.29, 0.717) is 12.1 Å². The second-order valence-electron chi connectivity index (χ2n) is 6.03. The molecular weight excluding hydrogens is 324 g/mol. The Bertz CT molecular complexity index is 652. The number of rotatable bonds is 7. The molecule has 0 atom stereocenters. The SMILES string of the molecule is Cl.Nc1ccc(CCNC(=O)c2ccc(OCC3CC3)cc2)cc1. The van der Waals surface area contributed by atoms with E-state index >= 15 is 0 Å². The normalized spacial score (nSPS) is 13.0. The maximum Gasteiger partial charge on any atom is 0.251 e. The van der Waals surface area contributed by atoms with Crippen molar-refractivity contribution in [3.63, 3.8) is 0 Å². The Morgan fingerprint density at radius 3 is 2.38 bits per heavy atom. The molecule has 2 aromatic carbocycles. The van der Waals surface area contributed by atoms with Gasteiger partial charge in [-0.2, -0.15) is 0 Å². The van der Waals surface area contributed by atoms with Gasteiger partial charge in [0.25, 0.3) is 5.91 Å². The zero-order valence-electron chi connectivity index (χ0n) is 13.5. The van der Waals surface area contributed by atoms with E-state index in [-0.39, 0.29) is 18.3 Å². The summed E-state index contributed by atoms with van der Waals surface area (Å²) in [5.74, 6) is 1.50. The molecule has 5 heteroatoms. The highest BCUT2D eigenvalue weighted by molar-refractivity contribution is 5.94. The van der Waals surface area contributed by atoms with Gasteiger partial charge in [-0.3, -0.25) is 4.79 Å². The number of halogens is 1. The Morgan fingerprint density at radius 2 is 1.75 bits per heavy atom. The molecule has 2 aromatic rings. The molecule has 3 N–H and O–H groups in total. The summed E-state index contributed by atoms with van der Waals surface area (Å²) in [6, 6.07) is 15.0. The summed E-state index contributed by atoms with van der Waals surface area (Å²) in [5.41, 5.74) is 8.21. The summed E-state index contributed by atoms with van der Waals surface area (Å²) in [7, 11) is 0. The second-order valence-corrected chi connectivity index (χ2v) is 6.03. The molecule has 0 heterocycles. The standard InChI is InChI=1S/C19H22N2O2.ClH/c20-17-7-3-14(4-8-17)11-12-21-19(22)16-5-9-18(10-6-16)23-13-15-1-2-15;/h3-10,15H,1-2,11-13,20H2,(H,21,22);1H. The van der Waals surface area contributed by atoms with Gasteiger partial charge >= 0.3 is 0 Å². The highest BCUT2D eigenvalue weighted by Gasteiger charge is 2.21. The molecule has 4 nitrogen and oxygen atoms in total. The zero-order valence-corrected chi connectivity index (χ0v) is 14.4. The summed E-state index contributed by atoms with van der Waals surface area (Å²) in [5, 5.41) is 2.93. The minimum Gasteiger partial charge on any atom is -0.493 e. The van der Waals surface area contributed by atoms with Gasteiger partial charge in [-0.1, -0.05) is 12.1 Å². The third-order valence-electron chi connectivity index (χ3n) is 3.98. The summed E-state index contributed by atoms with van der Waals surface area (Å²) >= 11 is 0. The van der Waals surface area contributed by atoms with Gasteiger partial charge in [0.2, 0.25) is 0 Å². The molecule has 24 heavy (non-hydrogen) atoms. The van der Waals surface area contributed by atoms with E-state index in [1.165, 1.54) is 12.8 Å². The lowest BCUT2D eigenvalue weighted by Crippen LogP contribution is -2.25. The smallest absolute Gasteiger partial charge is 0.251 e. The van der Waals surface area contributed by atoms with Crippen LogP contribution in [0.2, 0.25) is 0 Å². The van der Waals surface area contributed by atoms with Crippen LogP contribution < -0.4 is 15.8 Å². The maximum absolute atomic E-state index is 12.1. The molecule has 3 rings (SSSR count). The number of nitrogens with two attached hydrogens (primary N) is 1. The number of nitrogens with one attached hydrogen (secondary N) is 1. The van der Waals surface area contributed by atoms with Crippen LogP contribution in [-0.4, -0.2) is 19.1 Å². The van der Waals surface area contributed by atoms with Gasteiger partial charge in [0, 0.05) is 17.8 Å². The first-order valence-electron chi connectivity index (χ1n) is 8.06. The van der Waals surface area contributed by atoms with Gasteiger partial charge in [-0.05, 0) is 67.1 Å². The minimum absolute atomic E-state index is 0. The molecule has 0 spiro atoms. The van der Waals surface area contributed by atoms with Crippen molar-refractivity contribution in [1.82, 2.24) is 5.32 Å². The molecule has 0 aromatic heterocycles. The molecular formula is C19H23ClN2O2. The van der Waals surface area contributed by atoms with Crippen molar-refractivity contribution >= 4 is 24.0 Å². The van der Waals surface area contributed by atoms with Crippen LogP contribution in [0, 0.1) is 5.92 Å². The Balaban J connectivity index is 0.00000208. The molecule has 128 valence electrons. The van der Waals surface area contributed by atoms with Crippen molar-refractivity contribution in [3.05, 3.63) is 59.7 Å². The number of hydrogen-bond acceptors (Lipinski definition) is 3. The highest BCUT2D eigenvalue weighted by atomic mass is 35.5. The lowest BCUT2D eigenvalue weighted by atomic mass is 10.1. The fourth-order valence-electron chi connectivity index (χ4n) is 2.31. The van der Waals surface area contributed by atoms with E-state index in [2.05, 4.69) is 5.32 Å². The first-order valence-corrected chi connectivity index (χ1v) is 8.06. The van der Waals surface area contributed by atoms with Crippen LogP contribution in [0.3, 0.4) is 0 Å². The topological polar surface area (TPSA) is 64.3 Å². The van der Waals surface area contributed by atoms with E-state index in [4.69, 9.17) is 10.5 Å². The first-order chi connectivity index (χ1) is 11.2. The predicted octanol–water partition coefficient (Wildman–Crippen LogP) is 3.45. The van der Waals surface area contributed by atoms with Gasteiger partial charge in [0.15, 0.2) is 0 Å². The third-order valence-corrected chi connectivity index (χ3v) is 3.98. The van der Waals surface area contributed by atoms with Crippen LogP contribution in [0.4, 0.5) is 5.69 Å². The van der Waals surface area contributed by atoms with E-state index in [1.807, 2.05) is 36.4 Å². The molecule has 1 saturated carbocycles. The van der Waals surface area contributed by atoms with Crippen LogP contribution >= 0.6 is 12.4 Å². The molecule has 1 aliphatic rings. The Labute approximate surface area is 148 Å². The lowest BCUT2D eigenvalue weighted by Gasteiger charge is -2.08. The molecule has 1 amide bonds. The van der Waals surface area contributed by atoms with Crippen LogP contribution in [0.15, 0.2) is 48.5 Å². The first kappa shape index (κ1) is 18.1. The van der Waals surface area contributed by atoms with Crippen molar-refractivity contribution in [3.8, 4) is 5.75 Å². The summed E-state index contributed by atoms with van der Waals surface area (Å²) in [6.45, 7) is 1.38. The predicted molar refractivity (Wildman–Crippen MR) is 98.8 cm³/mol. The monoisotopic (exact) mass is 346 g/mol. The third kappa shape index (κ3) is 5.46. The fraction of sp³-hybridized carbons (Fsp3) is 0.316. The molecule has 0 bridgehead atoms. The van der Waals surface area contributed by atoms with Crippen molar-refractivity contribution in [2.24, 2.45) is 5.92 Å². The second kappa shape index (κ2) is 8.60. The van der Waals surface area contributed by atoms with Crippen molar-refractivity contribution in [2.45, 2.75) is 19.3 Å². The minimum atomic E-state index is -0.0609. The highest BCUT2D eigenvalue weighted by Crippen LogP contribution is 2.29. The van der Waals surface area contributed by atoms with Crippen LogP contribution in [0.25, 0.3) is 0 Å². The lowest BCUT2D eigenvalue weighted by molar-refractivity contribution is 0.0954. The zero-order chi connectivity index (χ0) is 16.1. The maximum atomic E-state index is 12.1. The Morgan fingerprint density at radius 1 is 1.08 bits per heavy atom. The number of hydrogen-bond donors (Lipinski definition) is 2. The Kier molecular flexibility index (Phi) is 6.50. The van der Waals surface area contributed by atoms with E-state index in [0.717, 1.165) is 35.9 Å². The van der Waals surface area contributed by atoms with Gasteiger partial charge in [-0.25, -0.2) is 0 Å². The number of nitrogen functional groups attached to an aromatic ring is 1. The van der Waals surface area contributed by atoms with Crippen molar-refractivity contribution in [2.75, 3.05) is 18.9 Å². The van der Waals surface area contributed by atoms with Crippen LogP contribution in [0.1, 0.15) is 28.8 Å². The van der Waals surface area contributed by atoms with Crippen LogP contribution in [0.5, 0.6) is 5.75 Å². The van der Waals surface area contributed by atoms with E-state index in [1.54, 1.807) is 12.1 Å². The summed E-state index contributed by atoms with van der Waals surface area (Å²) < 4.78 is 5.67. The largest absolute Gasteiger partial charge is 0.493 e. The fourth-order valence-corrected chi connectivity index (χ4v) is 2.31. The molecule has 0 aliphatic heterocycles. The summed E-state index contributed by atoms with van der Waals surface area (Å²) in [4.78, 5) is 12.1. The van der Waals surface area contributed by atoms with Gasteiger partial charge < -0.3 is 15.8 Å². The Hall–Kier alpha value is -2.20. The van der Waals surface area contributed by atoms with Gasteiger partial charge in [-0.15, -0.1) is 12.4 Å². The molecule has 1 fully saturated rings. The summed E-state index contributed by atoms with van der Waals surface area (Å²) in [6.07, 6.45) is 3.33. The van der Waals surface area contributed by atoms with E-state index < -0.39 is 0 Å². The average molecular weight is 347 g/mol. The van der Waals surface area contributed by atoms with Gasteiger partial charge in [0.1, 0.15) is 5.75 Å². The number of amides is 1. The average Bonchev–Trinajstić information content (AvgIpc) is 3.39. The van der Waals surface area contributed by atoms with Crippen LogP contribution in [-0.2, 0) is 6.42 Å². The molecule has 1 aliphatic carbocycles. The number of benzene rings is 2. The van der Waals surface area contributed by atoms with Crippen molar-refractivity contribution < 1.29 is 9.53 Å². The molecule has 0 unspecified atom stereocenters. The van der Waals surface area contributed by atoms with Crippen molar-refractivity contribution in [1.29, 1.82) is 0 Å². The number of carbonyl (C=O) groups excluding carboxylic acids is 1. The quantitative estimate of drug-likeness (QED) is 0.755. The molecule has 0 saturated heterocycles. The van der Waals surface area contributed by atoms with E-state index in [9.17, 15) is 4.79 Å². The number of ether oxygens (including phenoxy) is 1. The van der Waals surface area contributed by atoms with Gasteiger partial charge in [0.05, 0.1) is 6.61 Å². The molecule has 0 radical (unpaired) electrons. The number of carbonyl (C=O) groups is 1.